The average Bonchev–Trinajstić information content (AvgIpc) is 3.40. The summed E-state index contributed by atoms with van der Waals surface area (Å²) >= 11 is 0. The van der Waals surface area contributed by atoms with Crippen LogP contribution in [-0.4, -0.2) is 19.8 Å². The van der Waals surface area contributed by atoms with Gasteiger partial charge < -0.3 is 14.8 Å². The molecule has 0 aliphatic heterocycles. The molecule has 2 saturated carbocycles. The molecule has 112 valence electrons. The molecule has 4 heteroatoms. The van der Waals surface area contributed by atoms with Crippen LogP contribution in [0.15, 0.2) is 18.2 Å². The molecule has 0 atom stereocenters. The number of nitrogens with zero attached hydrogens (tertiary/aromatic N) is 1. The summed E-state index contributed by atoms with van der Waals surface area (Å²) in [6.45, 7) is 1.48. The van der Waals surface area contributed by atoms with Crippen LogP contribution in [0.25, 0.3) is 0 Å². The molecule has 2 aliphatic rings. The zero-order valence-corrected chi connectivity index (χ0v) is 12.5. The van der Waals surface area contributed by atoms with Gasteiger partial charge >= 0.3 is 0 Å². The lowest BCUT2D eigenvalue weighted by molar-refractivity contribution is 0.227. The lowest BCUT2D eigenvalue weighted by atomic mass is 10.1. The van der Waals surface area contributed by atoms with Gasteiger partial charge in [0.1, 0.15) is 0 Å². The molecule has 0 amide bonds. The van der Waals surface area contributed by atoms with E-state index in [4.69, 9.17) is 14.7 Å². The van der Waals surface area contributed by atoms with E-state index in [1.807, 2.05) is 12.1 Å². The third-order valence-corrected chi connectivity index (χ3v) is 4.35. The molecular formula is C17H22N2O2. The van der Waals surface area contributed by atoms with E-state index < -0.39 is 0 Å². The second-order valence-corrected chi connectivity index (χ2v) is 6.26. The topological polar surface area (TPSA) is 54.3 Å². The first-order valence-corrected chi connectivity index (χ1v) is 7.65. The standard InChI is InChI=1S/C17H22N2O2/c1-20-16-10-13(11-19-14-3-4-14)2-5-15(16)21-12-17(6-7-17)8-9-18/h2,5,10,14,19H,3-4,6-8,11-12H2,1H3. The summed E-state index contributed by atoms with van der Waals surface area (Å²) in [5, 5.41) is 12.3. The second kappa shape index (κ2) is 5.95. The van der Waals surface area contributed by atoms with Crippen LogP contribution in [0.1, 0.15) is 37.7 Å². The number of hydrogen-bond acceptors (Lipinski definition) is 4. The molecule has 1 N–H and O–H groups in total. The summed E-state index contributed by atoms with van der Waals surface area (Å²) in [4.78, 5) is 0. The number of methoxy groups -OCH3 is 1. The van der Waals surface area contributed by atoms with Crippen molar-refractivity contribution >= 4 is 0 Å². The maximum Gasteiger partial charge on any atom is 0.161 e. The van der Waals surface area contributed by atoms with Crippen molar-refractivity contribution in [2.24, 2.45) is 5.41 Å². The minimum atomic E-state index is 0.0892. The Morgan fingerprint density at radius 2 is 2.14 bits per heavy atom. The van der Waals surface area contributed by atoms with Crippen molar-refractivity contribution in [3.63, 3.8) is 0 Å². The molecule has 0 heterocycles. The number of ether oxygens (including phenoxy) is 2. The maximum atomic E-state index is 8.85. The van der Waals surface area contributed by atoms with Crippen molar-refractivity contribution < 1.29 is 9.47 Å². The van der Waals surface area contributed by atoms with Gasteiger partial charge in [0, 0.05) is 24.4 Å². The molecule has 2 aliphatic carbocycles. The largest absolute Gasteiger partial charge is 0.493 e. The van der Waals surface area contributed by atoms with E-state index in [9.17, 15) is 0 Å². The fourth-order valence-electron chi connectivity index (χ4n) is 2.44. The average molecular weight is 286 g/mol. The molecule has 0 bridgehead atoms. The third-order valence-electron chi connectivity index (χ3n) is 4.35. The summed E-state index contributed by atoms with van der Waals surface area (Å²) in [5.74, 6) is 1.55. The number of nitriles is 1. The molecule has 2 fully saturated rings. The second-order valence-electron chi connectivity index (χ2n) is 6.26. The van der Waals surface area contributed by atoms with Gasteiger partial charge in [-0.3, -0.25) is 0 Å². The number of benzene rings is 1. The number of hydrogen-bond donors (Lipinski definition) is 1. The Morgan fingerprint density at radius 3 is 2.76 bits per heavy atom. The Balaban J connectivity index is 1.60. The van der Waals surface area contributed by atoms with Crippen LogP contribution in [0.2, 0.25) is 0 Å². The number of rotatable bonds is 8. The third kappa shape index (κ3) is 3.68. The van der Waals surface area contributed by atoms with Crippen LogP contribution in [0.3, 0.4) is 0 Å². The first-order chi connectivity index (χ1) is 10.2. The van der Waals surface area contributed by atoms with Crippen LogP contribution in [0.4, 0.5) is 0 Å². The van der Waals surface area contributed by atoms with Gasteiger partial charge in [-0.25, -0.2) is 0 Å². The lowest BCUT2D eigenvalue weighted by Gasteiger charge is -2.16. The van der Waals surface area contributed by atoms with Crippen molar-refractivity contribution in [1.29, 1.82) is 5.26 Å². The Kier molecular flexibility index (Phi) is 4.03. The van der Waals surface area contributed by atoms with Gasteiger partial charge in [-0.05, 0) is 43.4 Å². The van der Waals surface area contributed by atoms with Crippen LogP contribution < -0.4 is 14.8 Å². The SMILES string of the molecule is COc1cc(CNC2CC2)ccc1OCC1(CC#N)CC1. The molecule has 0 spiro atoms. The highest BCUT2D eigenvalue weighted by Crippen LogP contribution is 2.49. The van der Waals surface area contributed by atoms with Gasteiger partial charge in [0.25, 0.3) is 0 Å². The summed E-state index contributed by atoms with van der Waals surface area (Å²) in [5.41, 5.74) is 1.30. The number of nitrogens with one attached hydrogen (secondary N) is 1. The van der Waals surface area contributed by atoms with E-state index in [0.717, 1.165) is 30.9 Å². The van der Waals surface area contributed by atoms with Crippen molar-refractivity contribution in [2.75, 3.05) is 13.7 Å². The molecule has 1 aromatic rings. The quantitative estimate of drug-likeness (QED) is 0.798. The highest BCUT2D eigenvalue weighted by molar-refractivity contribution is 5.43. The van der Waals surface area contributed by atoms with Crippen LogP contribution in [-0.2, 0) is 6.54 Å². The fraction of sp³-hybridized carbons (Fsp3) is 0.588. The zero-order chi connectivity index (χ0) is 14.7. The van der Waals surface area contributed by atoms with Crippen LogP contribution in [0.5, 0.6) is 11.5 Å². The Morgan fingerprint density at radius 1 is 1.33 bits per heavy atom. The minimum absolute atomic E-state index is 0.0892. The van der Waals surface area contributed by atoms with Gasteiger partial charge in [0.05, 0.1) is 19.8 Å². The molecule has 0 unspecified atom stereocenters. The Bertz CT molecular complexity index is 542. The molecule has 3 rings (SSSR count). The highest BCUT2D eigenvalue weighted by atomic mass is 16.5. The van der Waals surface area contributed by atoms with Crippen molar-refractivity contribution in [3.05, 3.63) is 23.8 Å². The first-order valence-electron chi connectivity index (χ1n) is 7.65. The van der Waals surface area contributed by atoms with E-state index in [0.29, 0.717) is 19.1 Å². The van der Waals surface area contributed by atoms with Crippen LogP contribution in [0, 0.1) is 16.7 Å². The van der Waals surface area contributed by atoms with Crippen molar-refractivity contribution in [2.45, 2.75) is 44.7 Å². The molecule has 0 radical (unpaired) electrons. The molecule has 0 aromatic heterocycles. The molecular weight excluding hydrogens is 264 g/mol. The highest BCUT2D eigenvalue weighted by Gasteiger charge is 2.43. The van der Waals surface area contributed by atoms with E-state index >= 15 is 0 Å². The van der Waals surface area contributed by atoms with E-state index in [1.54, 1.807) is 7.11 Å². The maximum absolute atomic E-state index is 8.85. The summed E-state index contributed by atoms with van der Waals surface area (Å²) < 4.78 is 11.3. The zero-order valence-electron chi connectivity index (χ0n) is 12.5. The van der Waals surface area contributed by atoms with Gasteiger partial charge in [-0.1, -0.05) is 6.07 Å². The monoisotopic (exact) mass is 286 g/mol. The van der Waals surface area contributed by atoms with E-state index in [2.05, 4.69) is 17.5 Å². The molecule has 1 aromatic carbocycles. The summed E-state index contributed by atoms with van der Waals surface area (Å²) in [6.07, 6.45) is 5.34. The van der Waals surface area contributed by atoms with Gasteiger partial charge in [0.2, 0.25) is 0 Å². The molecule has 4 nitrogen and oxygen atoms in total. The van der Waals surface area contributed by atoms with Gasteiger partial charge in [-0.15, -0.1) is 0 Å². The molecule has 0 saturated heterocycles. The predicted octanol–water partition coefficient (Wildman–Crippen LogP) is 3.02. The van der Waals surface area contributed by atoms with Gasteiger partial charge in [-0.2, -0.15) is 5.26 Å². The van der Waals surface area contributed by atoms with E-state index in [-0.39, 0.29) is 5.41 Å². The van der Waals surface area contributed by atoms with Crippen molar-refractivity contribution in [3.8, 4) is 17.6 Å². The first kappa shape index (κ1) is 14.2. The summed E-state index contributed by atoms with van der Waals surface area (Å²) in [6, 6.07) is 9.05. The normalized spacial score (nSPS) is 18.9. The van der Waals surface area contributed by atoms with Gasteiger partial charge in [0.15, 0.2) is 11.5 Å². The summed E-state index contributed by atoms with van der Waals surface area (Å²) in [7, 11) is 1.67. The van der Waals surface area contributed by atoms with E-state index in [1.165, 1.54) is 18.4 Å². The minimum Gasteiger partial charge on any atom is -0.493 e. The smallest absolute Gasteiger partial charge is 0.161 e. The van der Waals surface area contributed by atoms with Crippen molar-refractivity contribution in [1.82, 2.24) is 5.32 Å². The lowest BCUT2D eigenvalue weighted by Crippen LogP contribution is -2.15. The molecule has 21 heavy (non-hydrogen) atoms. The fourth-order valence-corrected chi connectivity index (χ4v) is 2.44. The Hall–Kier alpha value is -1.73. The Labute approximate surface area is 126 Å². The predicted molar refractivity (Wildman–Crippen MR) is 80.2 cm³/mol. The van der Waals surface area contributed by atoms with Crippen LogP contribution >= 0.6 is 0 Å².